The maximum Gasteiger partial charge on any atom is 0.0128 e. The van der Waals surface area contributed by atoms with E-state index in [0.717, 1.165) is 0 Å². The third-order valence-electron chi connectivity index (χ3n) is 3.65. The lowest BCUT2D eigenvalue weighted by Gasteiger charge is -2.24. The number of nitrogens with two attached hydrogens (primary N) is 1. The molecule has 0 spiro atoms. The van der Waals surface area contributed by atoms with E-state index in [1.807, 2.05) is 0 Å². The minimum absolute atomic E-state index is 0.219. The first-order valence-corrected chi connectivity index (χ1v) is 6.34. The molecular weight excluding hydrogens is 206 g/mol. The minimum atomic E-state index is 0.219. The van der Waals surface area contributed by atoms with Crippen molar-refractivity contribution in [2.45, 2.75) is 32.7 Å². The van der Waals surface area contributed by atoms with Gasteiger partial charge in [0.1, 0.15) is 0 Å². The van der Waals surface area contributed by atoms with Gasteiger partial charge >= 0.3 is 0 Å². The van der Waals surface area contributed by atoms with Gasteiger partial charge in [0, 0.05) is 6.04 Å². The van der Waals surface area contributed by atoms with Gasteiger partial charge in [0.15, 0.2) is 0 Å². The van der Waals surface area contributed by atoms with Crippen molar-refractivity contribution in [2.24, 2.45) is 11.7 Å². The van der Waals surface area contributed by atoms with Crippen molar-refractivity contribution in [3.63, 3.8) is 0 Å². The summed E-state index contributed by atoms with van der Waals surface area (Å²) in [6, 6.07) is 15.3. The SMILES string of the molecule is CC(C)C(N)C(C)c1ccc2ccccc2c1. The first-order valence-electron chi connectivity index (χ1n) is 6.34. The van der Waals surface area contributed by atoms with Gasteiger partial charge in [-0.25, -0.2) is 0 Å². The summed E-state index contributed by atoms with van der Waals surface area (Å²) in [4.78, 5) is 0. The van der Waals surface area contributed by atoms with E-state index in [2.05, 4.69) is 63.2 Å². The Morgan fingerprint density at radius 2 is 1.53 bits per heavy atom. The lowest BCUT2D eigenvalue weighted by molar-refractivity contribution is 0.435. The molecule has 2 N–H and O–H groups in total. The molecule has 90 valence electrons. The van der Waals surface area contributed by atoms with Crippen LogP contribution in [0, 0.1) is 5.92 Å². The highest BCUT2D eigenvalue weighted by Crippen LogP contribution is 2.25. The highest BCUT2D eigenvalue weighted by Gasteiger charge is 2.17. The van der Waals surface area contributed by atoms with Crippen LogP contribution in [0.5, 0.6) is 0 Å². The maximum atomic E-state index is 6.24. The summed E-state index contributed by atoms with van der Waals surface area (Å²) in [6.45, 7) is 6.58. The van der Waals surface area contributed by atoms with Gasteiger partial charge in [-0.2, -0.15) is 0 Å². The van der Waals surface area contributed by atoms with Gasteiger partial charge in [-0.1, -0.05) is 63.2 Å². The van der Waals surface area contributed by atoms with Crippen LogP contribution in [0.25, 0.3) is 10.8 Å². The van der Waals surface area contributed by atoms with Gasteiger partial charge in [-0.05, 0) is 28.2 Å². The largest absolute Gasteiger partial charge is 0.327 e. The molecule has 2 atom stereocenters. The summed E-state index contributed by atoms with van der Waals surface area (Å²) in [5.74, 6) is 0.913. The number of benzene rings is 2. The van der Waals surface area contributed by atoms with E-state index in [4.69, 9.17) is 5.73 Å². The van der Waals surface area contributed by atoms with E-state index < -0.39 is 0 Å². The normalized spacial score (nSPS) is 15.1. The van der Waals surface area contributed by atoms with Crippen LogP contribution in [0.1, 0.15) is 32.3 Å². The Morgan fingerprint density at radius 1 is 0.882 bits per heavy atom. The van der Waals surface area contributed by atoms with Gasteiger partial charge in [0.25, 0.3) is 0 Å². The quantitative estimate of drug-likeness (QED) is 0.844. The molecule has 0 saturated carbocycles. The van der Waals surface area contributed by atoms with Gasteiger partial charge in [-0.15, -0.1) is 0 Å². The molecule has 0 bridgehead atoms. The molecule has 17 heavy (non-hydrogen) atoms. The smallest absolute Gasteiger partial charge is 0.0128 e. The molecule has 0 aliphatic rings. The Hall–Kier alpha value is -1.34. The highest BCUT2D eigenvalue weighted by molar-refractivity contribution is 5.83. The van der Waals surface area contributed by atoms with Crippen LogP contribution in [-0.4, -0.2) is 6.04 Å². The molecule has 2 rings (SSSR count). The van der Waals surface area contributed by atoms with Gasteiger partial charge in [0.2, 0.25) is 0 Å². The second kappa shape index (κ2) is 4.89. The molecule has 2 aromatic carbocycles. The predicted molar refractivity (Wildman–Crippen MR) is 75.2 cm³/mol. The van der Waals surface area contributed by atoms with Gasteiger partial charge < -0.3 is 5.73 Å². The fraction of sp³-hybridized carbons (Fsp3) is 0.375. The zero-order valence-electron chi connectivity index (χ0n) is 10.9. The van der Waals surface area contributed by atoms with Crippen molar-refractivity contribution in [1.29, 1.82) is 0 Å². The molecule has 0 aliphatic heterocycles. The molecule has 1 nitrogen and oxygen atoms in total. The number of rotatable bonds is 3. The van der Waals surface area contributed by atoms with Crippen molar-refractivity contribution < 1.29 is 0 Å². The maximum absolute atomic E-state index is 6.24. The van der Waals surface area contributed by atoms with Crippen LogP contribution in [0.3, 0.4) is 0 Å². The van der Waals surface area contributed by atoms with Crippen molar-refractivity contribution >= 4 is 10.8 Å². The first-order chi connectivity index (χ1) is 8.09. The van der Waals surface area contributed by atoms with Gasteiger partial charge in [-0.3, -0.25) is 0 Å². The van der Waals surface area contributed by atoms with E-state index in [1.165, 1.54) is 16.3 Å². The van der Waals surface area contributed by atoms with Crippen molar-refractivity contribution in [3.8, 4) is 0 Å². The summed E-state index contributed by atoms with van der Waals surface area (Å²) >= 11 is 0. The highest BCUT2D eigenvalue weighted by atomic mass is 14.7. The van der Waals surface area contributed by atoms with Gasteiger partial charge in [0.05, 0.1) is 0 Å². The summed E-state index contributed by atoms with van der Waals surface area (Å²) < 4.78 is 0. The predicted octanol–water partition coefficient (Wildman–Crippen LogP) is 3.93. The number of hydrogen-bond donors (Lipinski definition) is 1. The fourth-order valence-corrected chi connectivity index (χ4v) is 2.29. The summed E-state index contributed by atoms with van der Waals surface area (Å²) in [7, 11) is 0. The zero-order valence-corrected chi connectivity index (χ0v) is 10.9. The van der Waals surface area contributed by atoms with Crippen molar-refractivity contribution in [1.82, 2.24) is 0 Å². The van der Waals surface area contributed by atoms with Crippen LogP contribution in [0.4, 0.5) is 0 Å². The zero-order chi connectivity index (χ0) is 12.4. The molecule has 0 radical (unpaired) electrons. The standard InChI is InChI=1S/C16H21N/c1-11(2)16(17)12(3)14-9-8-13-6-4-5-7-15(13)10-14/h4-12,16H,17H2,1-3H3. The molecule has 1 heteroatoms. The van der Waals surface area contributed by atoms with Crippen molar-refractivity contribution in [2.75, 3.05) is 0 Å². The molecular formula is C16H21N. The summed E-state index contributed by atoms with van der Waals surface area (Å²) in [5, 5.41) is 2.59. The topological polar surface area (TPSA) is 26.0 Å². The minimum Gasteiger partial charge on any atom is -0.327 e. The number of fused-ring (bicyclic) bond motifs is 1. The molecule has 0 amide bonds. The van der Waals surface area contributed by atoms with Crippen LogP contribution in [-0.2, 0) is 0 Å². The van der Waals surface area contributed by atoms with Crippen LogP contribution in [0.15, 0.2) is 42.5 Å². The Balaban J connectivity index is 2.36. The molecule has 0 heterocycles. The molecule has 0 aliphatic carbocycles. The Morgan fingerprint density at radius 3 is 2.18 bits per heavy atom. The van der Waals surface area contributed by atoms with E-state index in [1.54, 1.807) is 0 Å². The molecule has 0 saturated heterocycles. The molecule has 2 aromatic rings. The van der Waals surface area contributed by atoms with E-state index in [9.17, 15) is 0 Å². The second-order valence-corrected chi connectivity index (χ2v) is 5.22. The summed E-state index contributed by atoms with van der Waals surface area (Å²) in [5.41, 5.74) is 7.57. The second-order valence-electron chi connectivity index (χ2n) is 5.22. The average molecular weight is 227 g/mol. The Kier molecular flexibility index (Phi) is 3.49. The van der Waals surface area contributed by atoms with E-state index >= 15 is 0 Å². The Labute approximate surface area is 104 Å². The van der Waals surface area contributed by atoms with E-state index in [0.29, 0.717) is 11.8 Å². The molecule has 0 fully saturated rings. The Bertz CT molecular complexity index is 502. The van der Waals surface area contributed by atoms with Crippen molar-refractivity contribution in [3.05, 3.63) is 48.0 Å². The number of hydrogen-bond acceptors (Lipinski definition) is 1. The fourth-order valence-electron chi connectivity index (χ4n) is 2.29. The van der Waals surface area contributed by atoms with Crippen LogP contribution in [0.2, 0.25) is 0 Å². The van der Waals surface area contributed by atoms with Crippen LogP contribution >= 0.6 is 0 Å². The lowest BCUT2D eigenvalue weighted by atomic mass is 9.86. The molecule has 2 unspecified atom stereocenters. The van der Waals surface area contributed by atoms with Crippen LogP contribution < -0.4 is 5.73 Å². The molecule has 0 aromatic heterocycles. The average Bonchev–Trinajstić information content (AvgIpc) is 2.36. The first kappa shape index (κ1) is 12.1. The third kappa shape index (κ3) is 2.50. The van der Waals surface area contributed by atoms with E-state index in [-0.39, 0.29) is 6.04 Å². The summed E-state index contributed by atoms with van der Waals surface area (Å²) in [6.07, 6.45) is 0. The lowest BCUT2D eigenvalue weighted by Crippen LogP contribution is -2.32. The monoisotopic (exact) mass is 227 g/mol. The third-order valence-corrected chi connectivity index (χ3v) is 3.65.